The van der Waals surface area contributed by atoms with Crippen LogP contribution in [0.3, 0.4) is 0 Å². The highest BCUT2D eigenvalue weighted by Gasteiger charge is 2.24. The average Bonchev–Trinajstić information content (AvgIpc) is 2.63. The van der Waals surface area contributed by atoms with Crippen molar-refractivity contribution in [2.75, 3.05) is 14.2 Å². The van der Waals surface area contributed by atoms with Crippen LogP contribution in [-0.2, 0) is 0 Å². The monoisotopic (exact) mass is 346 g/mol. The molecule has 0 aliphatic heterocycles. The second kappa shape index (κ2) is 11.0. The van der Waals surface area contributed by atoms with E-state index in [1.807, 2.05) is 31.2 Å². The summed E-state index contributed by atoms with van der Waals surface area (Å²) in [4.78, 5) is 0. The maximum absolute atomic E-state index is 10.7. The molecule has 1 aromatic rings. The fourth-order valence-electron chi connectivity index (χ4n) is 3.28. The second-order valence-electron chi connectivity index (χ2n) is 6.65. The third kappa shape index (κ3) is 5.64. The van der Waals surface area contributed by atoms with Crippen LogP contribution in [0.5, 0.6) is 11.5 Å². The Balaban J connectivity index is 3.33. The summed E-state index contributed by atoms with van der Waals surface area (Å²) in [6.07, 6.45) is 8.19. The van der Waals surface area contributed by atoms with Gasteiger partial charge in [0.25, 0.3) is 0 Å². The Morgan fingerprint density at radius 3 is 2.08 bits per heavy atom. The first-order valence-corrected chi connectivity index (χ1v) is 9.19. The Bertz CT molecular complexity index is 525. The normalized spacial score (nSPS) is 14.4. The van der Waals surface area contributed by atoms with E-state index < -0.39 is 6.10 Å². The van der Waals surface area contributed by atoms with Gasteiger partial charge in [0.1, 0.15) is 11.5 Å². The first-order valence-electron chi connectivity index (χ1n) is 9.19. The summed E-state index contributed by atoms with van der Waals surface area (Å²) in [5.41, 5.74) is 1.89. The van der Waals surface area contributed by atoms with Gasteiger partial charge in [0, 0.05) is 5.56 Å². The lowest BCUT2D eigenvalue weighted by atomic mass is 9.86. The molecule has 0 amide bonds. The number of unbranched alkanes of at least 4 members (excludes halogenated alkanes) is 1. The zero-order valence-corrected chi connectivity index (χ0v) is 16.3. The number of hydrogen-bond acceptors (Lipinski definition) is 3. The maximum atomic E-state index is 10.7. The molecule has 0 fully saturated rings. The van der Waals surface area contributed by atoms with Gasteiger partial charge < -0.3 is 14.6 Å². The molecule has 0 saturated heterocycles. The van der Waals surface area contributed by atoms with Crippen LogP contribution in [0.4, 0.5) is 0 Å². The predicted octanol–water partition coefficient (Wildman–Crippen LogP) is 5.80. The van der Waals surface area contributed by atoms with Crippen molar-refractivity contribution in [2.24, 2.45) is 5.92 Å². The van der Waals surface area contributed by atoms with Crippen LogP contribution in [-0.4, -0.2) is 19.3 Å². The van der Waals surface area contributed by atoms with E-state index in [1.165, 1.54) is 0 Å². The lowest BCUT2D eigenvalue weighted by Crippen LogP contribution is -2.11. The van der Waals surface area contributed by atoms with Crippen molar-refractivity contribution in [1.82, 2.24) is 0 Å². The minimum absolute atomic E-state index is 0.0850. The number of hydrogen-bond donors (Lipinski definition) is 1. The Morgan fingerprint density at radius 2 is 1.64 bits per heavy atom. The minimum Gasteiger partial charge on any atom is -0.496 e. The van der Waals surface area contributed by atoms with Gasteiger partial charge in [0.15, 0.2) is 0 Å². The molecule has 0 aliphatic carbocycles. The van der Waals surface area contributed by atoms with Gasteiger partial charge in [-0.15, -0.1) is 13.2 Å². The van der Waals surface area contributed by atoms with Gasteiger partial charge in [-0.25, -0.2) is 0 Å². The van der Waals surface area contributed by atoms with Crippen molar-refractivity contribution in [3.63, 3.8) is 0 Å². The molecule has 1 rings (SSSR count). The number of methoxy groups -OCH3 is 2. The van der Waals surface area contributed by atoms with Gasteiger partial charge in [0.2, 0.25) is 0 Å². The molecule has 0 spiro atoms. The molecule has 3 heteroatoms. The van der Waals surface area contributed by atoms with Crippen molar-refractivity contribution in [2.45, 2.75) is 58.0 Å². The van der Waals surface area contributed by atoms with Gasteiger partial charge in [0.05, 0.1) is 20.3 Å². The van der Waals surface area contributed by atoms with Crippen LogP contribution in [0.2, 0.25) is 0 Å². The lowest BCUT2D eigenvalue weighted by Gasteiger charge is -2.25. The number of benzene rings is 1. The average molecular weight is 347 g/mol. The molecule has 25 heavy (non-hydrogen) atoms. The molecule has 3 nitrogen and oxygen atoms in total. The molecule has 0 saturated carbocycles. The molecule has 0 aromatic heterocycles. The van der Waals surface area contributed by atoms with Crippen molar-refractivity contribution in [3.8, 4) is 11.5 Å². The summed E-state index contributed by atoms with van der Waals surface area (Å²) in [6.45, 7) is 11.9. The fraction of sp³-hybridized carbons (Fsp3) is 0.545. The molecular formula is C22H34O3. The van der Waals surface area contributed by atoms with Crippen molar-refractivity contribution in [3.05, 3.63) is 48.6 Å². The zero-order valence-electron chi connectivity index (χ0n) is 16.3. The lowest BCUT2D eigenvalue weighted by molar-refractivity contribution is 0.118. The van der Waals surface area contributed by atoms with E-state index in [4.69, 9.17) is 9.47 Å². The number of ether oxygens (including phenoxy) is 2. The number of allylic oxidation sites excluding steroid dienone is 2. The van der Waals surface area contributed by atoms with E-state index >= 15 is 0 Å². The smallest absolute Gasteiger partial charge is 0.126 e. The number of aliphatic hydroxyl groups excluding tert-OH is 1. The number of aliphatic hydroxyl groups is 1. The molecule has 3 atom stereocenters. The van der Waals surface area contributed by atoms with Gasteiger partial charge in [-0.2, -0.15) is 0 Å². The molecule has 0 bridgehead atoms. The van der Waals surface area contributed by atoms with Crippen LogP contribution in [0.15, 0.2) is 37.4 Å². The van der Waals surface area contributed by atoms with E-state index in [2.05, 4.69) is 20.1 Å². The van der Waals surface area contributed by atoms with Crippen molar-refractivity contribution >= 4 is 0 Å². The molecule has 0 heterocycles. The van der Waals surface area contributed by atoms with Gasteiger partial charge >= 0.3 is 0 Å². The van der Waals surface area contributed by atoms with Crippen LogP contribution in [0, 0.1) is 5.92 Å². The highest BCUT2D eigenvalue weighted by molar-refractivity contribution is 5.51. The summed E-state index contributed by atoms with van der Waals surface area (Å²) in [6, 6.07) is 3.90. The Kier molecular flexibility index (Phi) is 9.36. The van der Waals surface area contributed by atoms with E-state index in [0.29, 0.717) is 5.92 Å². The van der Waals surface area contributed by atoms with E-state index in [-0.39, 0.29) is 5.92 Å². The third-order valence-electron chi connectivity index (χ3n) is 4.75. The highest BCUT2D eigenvalue weighted by Crippen LogP contribution is 2.42. The Labute approximate surface area is 153 Å². The molecule has 1 aromatic carbocycles. The van der Waals surface area contributed by atoms with Crippen molar-refractivity contribution < 1.29 is 14.6 Å². The topological polar surface area (TPSA) is 38.7 Å². The molecular weight excluding hydrogens is 312 g/mol. The van der Waals surface area contributed by atoms with E-state index in [1.54, 1.807) is 14.2 Å². The number of rotatable bonds is 12. The minimum atomic E-state index is -0.580. The molecule has 1 N–H and O–H groups in total. The molecule has 140 valence electrons. The molecule has 0 unspecified atom stereocenters. The Hall–Kier alpha value is -1.74. The quantitative estimate of drug-likeness (QED) is 0.486. The van der Waals surface area contributed by atoms with E-state index in [0.717, 1.165) is 54.7 Å². The van der Waals surface area contributed by atoms with Crippen molar-refractivity contribution in [1.29, 1.82) is 0 Å². The van der Waals surface area contributed by atoms with Gasteiger partial charge in [-0.3, -0.25) is 0 Å². The Morgan fingerprint density at radius 1 is 1.08 bits per heavy atom. The van der Waals surface area contributed by atoms with Crippen LogP contribution < -0.4 is 9.47 Å². The summed E-state index contributed by atoms with van der Waals surface area (Å²) in [5.74, 6) is 1.95. The largest absolute Gasteiger partial charge is 0.496 e. The van der Waals surface area contributed by atoms with Crippen LogP contribution in [0.1, 0.15) is 69.1 Å². The summed E-state index contributed by atoms with van der Waals surface area (Å²) in [5, 5.41) is 10.7. The van der Waals surface area contributed by atoms with Crippen LogP contribution >= 0.6 is 0 Å². The van der Waals surface area contributed by atoms with Gasteiger partial charge in [-0.05, 0) is 48.8 Å². The SMILES string of the molecule is C=CC[C@H](CCCC)c1c(OC)cc([C@H](O)[C@@H](C)CC=C)cc1OC. The first kappa shape index (κ1) is 21.3. The van der Waals surface area contributed by atoms with Crippen LogP contribution in [0.25, 0.3) is 0 Å². The summed E-state index contributed by atoms with van der Waals surface area (Å²) < 4.78 is 11.4. The predicted molar refractivity (Wildman–Crippen MR) is 106 cm³/mol. The zero-order chi connectivity index (χ0) is 18.8. The van der Waals surface area contributed by atoms with Gasteiger partial charge in [-0.1, -0.05) is 38.8 Å². The standard InChI is InChI=1S/C22H34O3/c1-7-10-13-17(12-9-3)21-19(24-5)14-18(15-20(21)25-6)22(23)16(4)11-8-2/h8-9,14-17,22-23H,2-3,7,10-13H2,1,4-6H3/t16-,17+,22+/m0/s1. The summed E-state index contributed by atoms with van der Waals surface area (Å²) >= 11 is 0. The third-order valence-corrected chi connectivity index (χ3v) is 4.75. The fourth-order valence-corrected chi connectivity index (χ4v) is 3.28. The van der Waals surface area contributed by atoms with E-state index in [9.17, 15) is 5.11 Å². The highest BCUT2D eigenvalue weighted by atomic mass is 16.5. The maximum Gasteiger partial charge on any atom is 0.126 e. The summed E-state index contributed by atoms with van der Waals surface area (Å²) in [7, 11) is 3.35. The first-order chi connectivity index (χ1) is 12.0. The molecule has 0 aliphatic rings. The molecule has 0 radical (unpaired) electrons. The second-order valence-corrected chi connectivity index (χ2v) is 6.65.